The lowest BCUT2D eigenvalue weighted by atomic mass is 9.94. The summed E-state index contributed by atoms with van der Waals surface area (Å²) in [5.74, 6) is 0.877. The Balaban J connectivity index is 1.31. The van der Waals surface area contributed by atoms with Crippen molar-refractivity contribution in [2.45, 2.75) is 6.04 Å². The number of benzene rings is 7. The van der Waals surface area contributed by atoms with E-state index < -0.39 is 0 Å². The zero-order valence-corrected chi connectivity index (χ0v) is 24.8. The van der Waals surface area contributed by atoms with E-state index in [1.165, 1.54) is 27.1 Å². The third kappa shape index (κ3) is 3.58. The molecular weight excluding hydrogens is 562 g/mol. The van der Waals surface area contributed by atoms with E-state index >= 15 is 0 Å². The van der Waals surface area contributed by atoms with E-state index in [2.05, 4.69) is 149 Å². The summed E-state index contributed by atoms with van der Waals surface area (Å²) in [5, 5.41) is 10.9. The third-order valence-corrected chi connectivity index (χ3v) is 9.42. The summed E-state index contributed by atoms with van der Waals surface area (Å²) in [6, 6.07) is 53.4. The minimum absolute atomic E-state index is 0.0657. The van der Waals surface area contributed by atoms with Gasteiger partial charge in [0.1, 0.15) is 11.4 Å². The Hall–Kier alpha value is -6.13. The van der Waals surface area contributed by atoms with Crippen LogP contribution in [0.4, 0.5) is 5.69 Å². The fourth-order valence-corrected chi connectivity index (χ4v) is 7.43. The predicted octanol–water partition coefficient (Wildman–Crippen LogP) is 10.6. The standard InChI is InChI=1S/C42H27N3O/c1-3-13-26(14-4-1)39-33-25-28(23-24-34(33)43-42(44-39)27-15-5-2-6-16-27)45-35-21-11-9-19-31(35)37-29-17-7-8-18-30(29)38-32-20-10-12-22-36(32)46-41(38)40(37)45/h1-25,39H,(H,43,44). The van der Waals surface area contributed by atoms with Crippen molar-refractivity contribution < 1.29 is 4.42 Å². The van der Waals surface area contributed by atoms with Crippen LogP contribution in [0.1, 0.15) is 22.7 Å². The molecule has 3 heterocycles. The Kier molecular flexibility index (Phi) is 5.31. The lowest BCUT2D eigenvalue weighted by molar-refractivity contribution is 0.671. The van der Waals surface area contributed by atoms with Crippen LogP contribution < -0.4 is 5.32 Å². The Morgan fingerprint density at radius 2 is 1.24 bits per heavy atom. The molecule has 0 spiro atoms. The van der Waals surface area contributed by atoms with Crippen LogP contribution in [-0.4, -0.2) is 10.4 Å². The first-order valence-corrected chi connectivity index (χ1v) is 15.7. The first-order chi connectivity index (χ1) is 22.8. The van der Waals surface area contributed by atoms with Gasteiger partial charge < -0.3 is 14.3 Å². The average molecular weight is 590 g/mol. The molecule has 0 amide bonds. The van der Waals surface area contributed by atoms with Gasteiger partial charge in [0.15, 0.2) is 5.58 Å². The van der Waals surface area contributed by atoms with Gasteiger partial charge in [0.2, 0.25) is 0 Å². The molecule has 1 aliphatic rings. The Bertz CT molecular complexity index is 2660. The van der Waals surface area contributed by atoms with Gasteiger partial charge >= 0.3 is 0 Å². The maximum atomic E-state index is 6.78. The molecule has 7 aromatic carbocycles. The second kappa shape index (κ2) is 9.68. The number of aromatic nitrogens is 1. The normalized spacial score (nSPS) is 14.6. The number of hydrogen-bond donors (Lipinski definition) is 1. The maximum Gasteiger partial charge on any atom is 0.160 e. The van der Waals surface area contributed by atoms with Gasteiger partial charge in [0.25, 0.3) is 0 Å². The van der Waals surface area contributed by atoms with E-state index in [4.69, 9.17) is 9.41 Å². The maximum absolute atomic E-state index is 6.78. The number of furan rings is 1. The van der Waals surface area contributed by atoms with Crippen molar-refractivity contribution in [2.24, 2.45) is 4.99 Å². The highest BCUT2D eigenvalue weighted by Gasteiger charge is 2.27. The molecule has 216 valence electrons. The molecule has 1 aliphatic heterocycles. The SMILES string of the molecule is c1ccc(C2=Nc3ccc(-n4c5ccccc5c5c6ccccc6c6c7ccccc7oc6c54)cc3C(c3ccccc3)N2)cc1. The molecule has 46 heavy (non-hydrogen) atoms. The monoisotopic (exact) mass is 589 g/mol. The van der Waals surface area contributed by atoms with Crippen molar-refractivity contribution in [1.82, 2.24) is 9.88 Å². The van der Waals surface area contributed by atoms with E-state index in [1.54, 1.807) is 0 Å². The molecule has 9 aromatic rings. The van der Waals surface area contributed by atoms with Crippen LogP contribution in [0.3, 0.4) is 0 Å². The summed E-state index contributed by atoms with van der Waals surface area (Å²) < 4.78 is 9.17. The number of fused-ring (bicyclic) bond motifs is 11. The summed E-state index contributed by atoms with van der Waals surface area (Å²) >= 11 is 0. The van der Waals surface area contributed by atoms with Gasteiger partial charge in [0.05, 0.1) is 22.8 Å². The first kappa shape index (κ1) is 25.2. The highest BCUT2D eigenvalue weighted by atomic mass is 16.3. The smallest absolute Gasteiger partial charge is 0.160 e. The summed E-state index contributed by atoms with van der Waals surface area (Å²) in [5.41, 5.74) is 9.47. The highest BCUT2D eigenvalue weighted by molar-refractivity contribution is 6.35. The minimum atomic E-state index is -0.0657. The third-order valence-electron chi connectivity index (χ3n) is 9.42. The van der Waals surface area contributed by atoms with Gasteiger partial charge in [-0.2, -0.15) is 0 Å². The molecule has 0 radical (unpaired) electrons. The van der Waals surface area contributed by atoms with Crippen molar-refractivity contribution >= 4 is 66.0 Å². The fourth-order valence-electron chi connectivity index (χ4n) is 7.43. The van der Waals surface area contributed by atoms with Gasteiger partial charge in [-0.1, -0.05) is 121 Å². The lowest BCUT2D eigenvalue weighted by Crippen LogP contribution is -2.32. The molecule has 0 bridgehead atoms. The van der Waals surface area contributed by atoms with E-state index in [0.29, 0.717) is 0 Å². The summed E-state index contributed by atoms with van der Waals surface area (Å²) in [6.45, 7) is 0. The van der Waals surface area contributed by atoms with Gasteiger partial charge in [-0.3, -0.25) is 0 Å². The Labute approximate surface area is 264 Å². The predicted molar refractivity (Wildman–Crippen MR) is 190 cm³/mol. The topological polar surface area (TPSA) is 42.5 Å². The van der Waals surface area contributed by atoms with Gasteiger partial charge in [0, 0.05) is 38.4 Å². The summed E-state index contributed by atoms with van der Waals surface area (Å²) in [7, 11) is 0. The Morgan fingerprint density at radius 3 is 2.04 bits per heavy atom. The van der Waals surface area contributed by atoms with Gasteiger partial charge in [-0.05, 0) is 46.7 Å². The Morgan fingerprint density at radius 1 is 0.587 bits per heavy atom. The quantitative estimate of drug-likeness (QED) is 0.223. The molecule has 0 saturated heterocycles. The second-order valence-electron chi connectivity index (χ2n) is 12.0. The molecule has 0 saturated carbocycles. The van der Waals surface area contributed by atoms with Gasteiger partial charge in [-0.15, -0.1) is 0 Å². The number of nitrogens with one attached hydrogen (secondary N) is 1. The minimum Gasteiger partial charge on any atom is -0.454 e. The molecule has 1 atom stereocenters. The van der Waals surface area contributed by atoms with Crippen molar-refractivity contribution in [1.29, 1.82) is 0 Å². The lowest BCUT2D eigenvalue weighted by Gasteiger charge is -2.28. The van der Waals surface area contributed by atoms with E-state index in [0.717, 1.165) is 61.3 Å². The van der Waals surface area contributed by atoms with Crippen LogP contribution in [0.2, 0.25) is 0 Å². The molecule has 0 fully saturated rings. The van der Waals surface area contributed by atoms with Crippen LogP contribution >= 0.6 is 0 Å². The molecule has 0 aliphatic carbocycles. The first-order valence-electron chi connectivity index (χ1n) is 15.7. The number of para-hydroxylation sites is 2. The van der Waals surface area contributed by atoms with Crippen LogP contribution in [-0.2, 0) is 0 Å². The molecule has 4 heteroatoms. The van der Waals surface area contributed by atoms with Crippen LogP contribution in [0.15, 0.2) is 161 Å². The fraction of sp³-hybridized carbons (Fsp3) is 0.0238. The van der Waals surface area contributed by atoms with E-state index in [9.17, 15) is 0 Å². The van der Waals surface area contributed by atoms with E-state index in [1.807, 2.05) is 12.1 Å². The summed E-state index contributed by atoms with van der Waals surface area (Å²) in [6.07, 6.45) is 0. The largest absolute Gasteiger partial charge is 0.454 e. The van der Waals surface area contributed by atoms with Crippen LogP contribution in [0.5, 0.6) is 0 Å². The van der Waals surface area contributed by atoms with Crippen molar-refractivity contribution in [3.63, 3.8) is 0 Å². The number of amidine groups is 1. The van der Waals surface area contributed by atoms with Crippen LogP contribution in [0.25, 0.3) is 60.2 Å². The molecule has 4 nitrogen and oxygen atoms in total. The second-order valence-corrected chi connectivity index (χ2v) is 12.0. The number of hydrogen-bond acceptors (Lipinski definition) is 3. The number of aliphatic imine (C=N–C) groups is 1. The summed E-state index contributed by atoms with van der Waals surface area (Å²) in [4.78, 5) is 5.14. The molecule has 1 N–H and O–H groups in total. The van der Waals surface area contributed by atoms with Gasteiger partial charge in [-0.25, -0.2) is 4.99 Å². The average Bonchev–Trinajstić information content (AvgIpc) is 3.69. The zero-order chi connectivity index (χ0) is 30.2. The molecule has 2 aromatic heterocycles. The van der Waals surface area contributed by atoms with Crippen molar-refractivity contribution in [3.8, 4) is 5.69 Å². The number of nitrogens with zero attached hydrogens (tertiary/aromatic N) is 2. The number of rotatable bonds is 3. The highest BCUT2D eigenvalue weighted by Crippen LogP contribution is 2.46. The molecular formula is C42H27N3O. The van der Waals surface area contributed by atoms with Crippen molar-refractivity contribution in [2.75, 3.05) is 0 Å². The van der Waals surface area contributed by atoms with Crippen LogP contribution in [0, 0.1) is 0 Å². The van der Waals surface area contributed by atoms with E-state index in [-0.39, 0.29) is 6.04 Å². The zero-order valence-electron chi connectivity index (χ0n) is 24.8. The molecule has 1 unspecified atom stereocenters. The van der Waals surface area contributed by atoms with Crippen molar-refractivity contribution in [3.05, 3.63) is 168 Å². The molecule has 10 rings (SSSR count).